The molecule has 0 fully saturated rings. The van der Waals surface area contributed by atoms with Crippen LogP contribution >= 0.6 is 11.8 Å². The number of imidazole rings is 1. The van der Waals surface area contributed by atoms with E-state index in [2.05, 4.69) is 21.1 Å². The number of hydrogen-bond donors (Lipinski definition) is 1. The van der Waals surface area contributed by atoms with E-state index < -0.39 is 0 Å². The first-order chi connectivity index (χ1) is 13.7. The number of ether oxygens (including phenoxy) is 1. The second-order valence-corrected chi connectivity index (χ2v) is 7.54. The lowest BCUT2D eigenvalue weighted by Crippen LogP contribution is -2.10. The molecular formula is C21H17N3O3S. The smallest absolute Gasteiger partial charge is 0.291 e. The monoisotopic (exact) mass is 391 g/mol. The molecule has 3 heterocycles. The highest BCUT2D eigenvalue weighted by molar-refractivity contribution is 7.99. The van der Waals surface area contributed by atoms with Crippen LogP contribution in [0.4, 0.5) is 5.69 Å². The highest BCUT2D eigenvalue weighted by Gasteiger charge is 2.17. The van der Waals surface area contributed by atoms with Crippen LogP contribution in [-0.2, 0) is 6.54 Å². The van der Waals surface area contributed by atoms with Crippen LogP contribution in [-0.4, -0.2) is 28.3 Å². The molecule has 0 aliphatic carbocycles. The molecule has 0 radical (unpaired) electrons. The van der Waals surface area contributed by atoms with E-state index in [0.717, 1.165) is 34.1 Å². The maximum absolute atomic E-state index is 12.7. The maximum Gasteiger partial charge on any atom is 0.291 e. The molecule has 1 N–H and O–H groups in total. The Morgan fingerprint density at radius 3 is 3.00 bits per heavy atom. The average Bonchev–Trinajstić information content (AvgIpc) is 3.41. The van der Waals surface area contributed by atoms with Crippen molar-refractivity contribution in [2.75, 3.05) is 18.2 Å². The van der Waals surface area contributed by atoms with Crippen LogP contribution in [0.15, 0.2) is 64.3 Å². The Morgan fingerprint density at radius 1 is 1.25 bits per heavy atom. The summed E-state index contributed by atoms with van der Waals surface area (Å²) in [6, 6.07) is 14.9. The van der Waals surface area contributed by atoms with Gasteiger partial charge >= 0.3 is 0 Å². The first-order valence-corrected chi connectivity index (χ1v) is 9.88. The van der Waals surface area contributed by atoms with Gasteiger partial charge in [0.25, 0.3) is 5.91 Å². The molecule has 7 heteroatoms. The predicted molar refractivity (Wildman–Crippen MR) is 109 cm³/mol. The molecule has 4 aromatic rings. The Kier molecular flexibility index (Phi) is 4.09. The van der Waals surface area contributed by atoms with Crippen LogP contribution in [0.2, 0.25) is 0 Å². The van der Waals surface area contributed by atoms with Gasteiger partial charge in [-0.15, -0.1) is 0 Å². The molecule has 2 aromatic heterocycles. The van der Waals surface area contributed by atoms with E-state index in [1.54, 1.807) is 31.0 Å². The van der Waals surface area contributed by atoms with Crippen LogP contribution in [0, 0.1) is 0 Å². The van der Waals surface area contributed by atoms with Crippen molar-refractivity contribution in [3.05, 3.63) is 60.5 Å². The summed E-state index contributed by atoms with van der Waals surface area (Å²) in [5.41, 5.74) is 3.13. The minimum atomic E-state index is -0.307. The van der Waals surface area contributed by atoms with Gasteiger partial charge in [0.2, 0.25) is 0 Å². The van der Waals surface area contributed by atoms with Gasteiger partial charge in [-0.25, -0.2) is 4.98 Å². The molecule has 0 bridgehead atoms. The standard InChI is InChI=1S/C21H17N3O3S/c1-26-17-7-3-5-14-11-18(27-19(14)17)20(25)22-15-6-2-4-13(10-15)16-12-24-8-9-28-21(24)23-16/h2-7,10-12H,8-9H2,1H3,(H,22,25). The van der Waals surface area contributed by atoms with Gasteiger partial charge in [0.1, 0.15) is 0 Å². The Bertz CT molecular complexity index is 1170. The molecule has 0 spiro atoms. The molecule has 1 aliphatic rings. The van der Waals surface area contributed by atoms with Crippen molar-refractivity contribution in [1.82, 2.24) is 9.55 Å². The number of carbonyl (C=O) groups is 1. The Labute approximate surface area is 165 Å². The first kappa shape index (κ1) is 16.9. The summed E-state index contributed by atoms with van der Waals surface area (Å²) in [5, 5.41) is 4.77. The number of fused-ring (bicyclic) bond motifs is 2. The molecule has 0 unspecified atom stereocenters. The summed E-state index contributed by atoms with van der Waals surface area (Å²) in [5.74, 6) is 1.60. The fourth-order valence-electron chi connectivity index (χ4n) is 3.31. The number of hydrogen-bond acceptors (Lipinski definition) is 5. The molecule has 28 heavy (non-hydrogen) atoms. The lowest BCUT2D eigenvalue weighted by Gasteiger charge is -2.05. The number of para-hydroxylation sites is 1. The molecular weight excluding hydrogens is 374 g/mol. The number of anilines is 1. The third-order valence-corrected chi connectivity index (χ3v) is 5.64. The number of aromatic nitrogens is 2. The number of carbonyl (C=O) groups excluding carboxylic acids is 1. The number of rotatable bonds is 4. The third kappa shape index (κ3) is 2.93. The molecule has 0 saturated heterocycles. The topological polar surface area (TPSA) is 69.3 Å². The maximum atomic E-state index is 12.7. The van der Waals surface area contributed by atoms with Gasteiger partial charge in [0, 0.05) is 35.1 Å². The number of methoxy groups -OCH3 is 1. The van der Waals surface area contributed by atoms with E-state index in [0.29, 0.717) is 17.0 Å². The Morgan fingerprint density at radius 2 is 2.14 bits per heavy atom. The van der Waals surface area contributed by atoms with Gasteiger partial charge in [0.05, 0.1) is 12.8 Å². The van der Waals surface area contributed by atoms with Crippen molar-refractivity contribution < 1.29 is 13.9 Å². The Hall–Kier alpha value is -3.19. The number of amides is 1. The van der Waals surface area contributed by atoms with Gasteiger partial charge in [-0.1, -0.05) is 36.0 Å². The van der Waals surface area contributed by atoms with Crippen LogP contribution in [0.3, 0.4) is 0 Å². The highest BCUT2D eigenvalue weighted by Crippen LogP contribution is 2.31. The van der Waals surface area contributed by atoms with Gasteiger partial charge < -0.3 is 19.0 Å². The fraction of sp³-hybridized carbons (Fsp3) is 0.143. The van der Waals surface area contributed by atoms with E-state index in [-0.39, 0.29) is 11.7 Å². The van der Waals surface area contributed by atoms with Crippen LogP contribution < -0.4 is 10.1 Å². The minimum Gasteiger partial charge on any atom is -0.493 e. The second kappa shape index (κ2) is 6.76. The number of benzene rings is 2. The molecule has 6 nitrogen and oxygen atoms in total. The van der Waals surface area contributed by atoms with Crippen molar-refractivity contribution in [3.8, 4) is 17.0 Å². The van der Waals surface area contributed by atoms with Crippen LogP contribution in [0.25, 0.3) is 22.2 Å². The van der Waals surface area contributed by atoms with E-state index in [1.165, 1.54) is 0 Å². The van der Waals surface area contributed by atoms with Gasteiger partial charge in [-0.3, -0.25) is 4.79 Å². The number of aryl methyl sites for hydroxylation is 1. The summed E-state index contributed by atoms with van der Waals surface area (Å²) in [4.78, 5) is 17.3. The molecule has 140 valence electrons. The van der Waals surface area contributed by atoms with Gasteiger partial charge in [-0.2, -0.15) is 0 Å². The zero-order chi connectivity index (χ0) is 19.1. The minimum absolute atomic E-state index is 0.238. The molecule has 0 saturated carbocycles. The van der Waals surface area contributed by atoms with Gasteiger partial charge in [-0.05, 0) is 24.3 Å². The summed E-state index contributed by atoms with van der Waals surface area (Å²) >= 11 is 1.76. The van der Waals surface area contributed by atoms with Crippen molar-refractivity contribution in [2.24, 2.45) is 0 Å². The number of furan rings is 1. The van der Waals surface area contributed by atoms with Crippen molar-refractivity contribution in [3.63, 3.8) is 0 Å². The van der Waals surface area contributed by atoms with E-state index in [9.17, 15) is 4.79 Å². The summed E-state index contributed by atoms with van der Waals surface area (Å²) in [6.07, 6.45) is 2.06. The largest absolute Gasteiger partial charge is 0.493 e. The van der Waals surface area contributed by atoms with E-state index in [4.69, 9.17) is 9.15 Å². The molecule has 2 aromatic carbocycles. The second-order valence-electron chi connectivity index (χ2n) is 6.47. The fourth-order valence-corrected chi connectivity index (χ4v) is 4.25. The lowest BCUT2D eigenvalue weighted by molar-refractivity contribution is 0.0998. The zero-order valence-corrected chi connectivity index (χ0v) is 16.0. The SMILES string of the molecule is COc1cccc2cc(C(=O)Nc3cccc(-c4cn5c(n4)SCC5)c3)oc12. The quantitative estimate of drug-likeness (QED) is 0.548. The van der Waals surface area contributed by atoms with Crippen molar-refractivity contribution in [1.29, 1.82) is 0 Å². The molecule has 1 amide bonds. The van der Waals surface area contributed by atoms with Crippen molar-refractivity contribution in [2.45, 2.75) is 11.7 Å². The lowest BCUT2D eigenvalue weighted by atomic mass is 10.1. The van der Waals surface area contributed by atoms with Crippen molar-refractivity contribution >= 4 is 34.3 Å². The summed E-state index contributed by atoms with van der Waals surface area (Å²) < 4.78 is 13.2. The van der Waals surface area contributed by atoms with Crippen LogP contribution in [0.1, 0.15) is 10.6 Å². The number of nitrogens with one attached hydrogen (secondary N) is 1. The summed E-state index contributed by atoms with van der Waals surface area (Å²) in [7, 11) is 1.58. The molecule has 0 atom stereocenters. The highest BCUT2D eigenvalue weighted by atomic mass is 32.2. The van der Waals surface area contributed by atoms with Gasteiger partial charge in [0.15, 0.2) is 22.2 Å². The zero-order valence-electron chi connectivity index (χ0n) is 15.1. The predicted octanol–water partition coefficient (Wildman–Crippen LogP) is 4.66. The third-order valence-electron chi connectivity index (χ3n) is 4.67. The normalized spacial score (nSPS) is 12.9. The number of nitrogens with zero attached hydrogens (tertiary/aromatic N) is 2. The van der Waals surface area contributed by atoms with E-state index in [1.807, 2.05) is 36.4 Å². The average molecular weight is 391 g/mol. The van der Waals surface area contributed by atoms with E-state index >= 15 is 0 Å². The first-order valence-electron chi connectivity index (χ1n) is 8.89. The Balaban J connectivity index is 1.41. The number of thioether (sulfide) groups is 1. The molecule has 5 rings (SSSR count). The van der Waals surface area contributed by atoms with Crippen LogP contribution in [0.5, 0.6) is 5.75 Å². The summed E-state index contributed by atoms with van der Waals surface area (Å²) in [6.45, 7) is 0.985. The molecule has 1 aliphatic heterocycles.